The summed E-state index contributed by atoms with van der Waals surface area (Å²) < 4.78 is 5.63. The lowest BCUT2D eigenvalue weighted by molar-refractivity contribution is -0.137. The molecule has 0 saturated heterocycles. The molecular formula is C13H13NO3. The third-order valence-electron chi connectivity index (χ3n) is 2.54. The van der Waals surface area contributed by atoms with Crippen LogP contribution in [0, 0.1) is 0 Å². The molecule has 2 rings (SSSR count). The first kappa shape index (κ1) is 11.4. The summed E-state index contributed by atoms with van der Waals surface area (Å²) in [6, 6.07) is 7.39. The van der Waals surface area contributed by atoms with Crippen LogP contribution in [0.2, 0.25) is 0 Å². The van der Waals surface area contributed by atoms with Gasteiger partial charge in [0.25, 0.3) is 0 Å². The zero-order chi connectivity index (χ0) is 12.3. The highest BCUT2D eigenvalue weighted by atomic mass is 16.4. The molecule has 1 unspecified atom stereocenters. The highest BCUT2D eigenvalue weighted by Gasteiger charge is 2.14. The van der Waals surface area contributed by atoms with Crippen molar-refractivity contribution in [1.29, 1.82) is 0 Å². The Kier molecular flexibility index (Phi) is 3.23. The van der Waals surface area contributed by atoms with Crippen LogP contribution in [0.25, 0.3) is 11.3 Å². The van der Waals surface area contributed by atoms with Crippen LogP contribution in [0.4, 0.5) is 0 Å². The minimum atomic E-state index is -0.822. The third kappa shape index (κ3) is 2.72. The SMILES string of the molecule is CC(CC(=O)O)c1ccc(-c2cccnc2)o1. The first-order valence-electron chi connectivity index (χ1n) is 5.38. The minimum Gasteiger partial charge on any atom is -0.481 e. The number of furan rings is 1. The average Bonchev–Trinajstić information content (AvgIpc) is 2.78. The van der Waals surface area contributed by atoms with E-state index in [1.54, 1.807) is 12.4 Å². The van der Waals surface area contributed by atoms with Gasteiger partial charge in [0.15, 0.2) is 0 Å². The third-order valence-corrected chi connectivity index (χ3v) is 2.54. The van der Waals surface area contributed by atoms with Crippen molar-refractivity contribution in [1.82, 2.24) is 4.98 Å². The normalized spacial score (nSPS) is 12.3. The number of hydrogen-bond donors (Lipinski definition) is 1. The topological polar surface area (TPSA) is 63.3 Å². The van der Waals surface area contributed by atoms with Crippen LogP contribution >= 0.6 is 0 Å². The summed E-state index contributed by atoms with van der Waals surface area (Å²) in [6.07, 6.45) is 3.48. The lowest BCUT2D eigenvalue weighted by Gasteiger charge is -2.04. The number of rotatable bonds is 4. The molecule has 0 fully saturated rings. The summed E-state index contributed by atoms with van der Waals surface area (Å²) in [6.45, 7) is 1.83. The summed E-state index contributed by atoms with van der Waals surface area (Å²) in [7, 11) is 0. The lowest BCUT2D eigenvalue weighted by atomic mass is 10.1. The Hall–Kier alpha value is -2.10. The molecule has 17 heavy (non-hydrogen) atoms. The van der Waals surface area contributed by atoms with Crippen molar-refractivity contribution in [3.05, 3.63) is 42.4 Å². The van der Waals surface area contributed by atoms with Crippen LogP contribution in [-0.2, 0) is 4.79 Å². The Labute approximate surface area is 98.9 Å². The van der Waals surface area contributed by atoms with Crippen LogP contribution < -0.4 is 0 Å². The summed E-state index contributed by atoms with van der Waals surface area (Å²) in [4.78, 5) is 14.6. The zero-order valence-electron chi connectivity index (χ0n) is 9.46. The first-order chi connectivity index (χ1) is 8.16. The molecule has 0 aromatic carbocycles. The number of pyridine rings is 1. The Morgan fingerprint density at radius 1 is 1.47 bits per heavy atom. The fourth-order valence-electron chi connectivity index (χ4n) is 1.64. The molecule has 0 aliphatic rings. The van der Waals surface area contributed by atoms with Gasteiger partial charge in [-0.15, -0.1) is 0 Å². The molecule has 0 aliphatic heterocycles. The highest BCUT2D eigenvalue weighted by molar-refractivity contribution is 5.67. The van der Waals surface area contributed by atoms with E-state index in [9.17, 15) is 4.79 Å². The molecule has 0 bridgehead atoms. The number of aromatic nitrogens is 1. The van der Waals surface area contributed by atoms with Crippen molar-refractivity contribution >= 4 is 5.97 Å². The van der Waals surface area contributed by atoms with Gasteiger partial charge in [-0.05, 0) is 24.3 Å². The van der Waals surface area contributed by atoms with E-state index in [0.717, 1.165) is 5.56 Å². The number of hydrogen-bond acceptors (Lipinski definition) is 3. The van der Waals surface area contributed by atoms with Crippen molar-refractivity contribution in [2.24, 2.45) is 0 Å². The van der Waals surface area contributed by atoms with Crippen LogP contribution in [0.15, 0.2) is 41.1 Å². The number of carbonyl (C=O) groups is 1. The molecule has 0 aliphatic carbocycles. The van der Waals surface area contributed by atoms with Crippen LogP contribution in [0.5, 0.6) is 0 Å². The van der Waals surface area contributed by atoms with E-state index in [4.69, 9.17) is 9.52 Å². The predicted molar refractivity (Wildman–Crippen MR) is 62.6 cm³/mol. The van der Waals surface area contributed by atoms with E-state index in [0.29, 0.717) is 11.5 Å². The molecule has 1 atom stereocenters. The smallest absolute Gasteiger partial charge is 0.304 e. The summed E-state index contributed by atoms with van der Waals surface area (Å²) in [5.74, 6) is 0.450. The highest BCUT2D eigenvalue weighted by Crippen LogP contribution is 2.27. The zero-order valence-corrected chi connectivity index (χ0v) is 9.46. The van der Waals surface area contributed by atoms with Crippen molar-refractivity contribution < 1.29 is 14.3 Å². The fourth-order valence-corrected chi connectivity index (χ4v) is 1.64. The Morgan fingerprint density at radius 2 is 2.29 bits per heavy atom. The monoisotopic (exact) mass is 231 g/mol. The van der Waals surface area contributed by atoms with Crippen LogP contribution in [-0.4, -0.2) is 16.1 Å². The van der Waals surface area contributed by atoms with Crippen molar-refractivity contribution in [3.63, 3.8) is 0 Å². The minimum absolute atomic E-state index is 0.0694. The number of carboxylic acids is 1. The largest absolute Gasteiger partial charge is 0.481 e. The maximum Gasteiger partial charge on any atom is 0.304 e. The molecule has 2 aromatic rings. The number of nitrogens with zero attached hydrogens (tertiary/aromatic N) is 1. The van der Waals surface area contributed by atoms with E-state index >= 15 is 0 Å². The van der Waals surface area contributed by atoms with Gasteiger partial charge in [-0.3, -0.25) is 9.78 Å². The molecule has 0 amide bonds. The van der Waals surface area contributed by atoms with Gasteiger partial charge in [-0.25, -0.2) is 0 Å². The van der Waals surface area contributed by atoms with Gasteiger partial charge in [0.05, 0.1) is 6.42 Å². The van der Waals surface area contributed by atoms with E-state index in [1.165, 1.54) is 0 Å². The van der Waals surface area contributed by atoms with Gasteiger partial charge in [-0.1, -0.05) is 6.92 Å². The summed E-state index contributed by atoms with van der Waals surface area (Å²) in [5.41, 5.74) is 0.890. The quantitative estimate of drug-likeness (QED) is 0.878. The molecule has 0 saturated carbocycles. The number of carboxylic acid groups (broad SMARTS) is 1. The summed E-state index contributed by atoms with van der Waals surface area (Å²) >= 11 is 0. The first-order valence-corrected chi connectivity index (χ1v) is 5.38. The van der Waals surface area contributed by atoms with Crippen LogP contribution in [0.3, 0.4) is 0 Å². The van der Waals surface area contributed by atoms with Crippen LogP contribution in [0.1, 0.15) is 25.0 Å². The predicted octanol–water partition coefficient (Wildman–Crippen LogP) is 2.92. The average molecular weight is 231 g/mol. The Morgan fingerprint density at radius 3 is 2.94 bits per heavy atom. The van der Waals surface area contributed by atoms with Gasteiger partial charge in [0.1, 0.15) is 11.5 Å². The van der Waals surface area contributed by atoms with Crippen molar-refractivity contribution in [3.8, 4) is 11.3 Å². The van der Waals surface area contributed by atoms with Gasteiger partial charge < -0.3 is 9.52 Å². The molecular weight excluding hydrogens is 218 g/mol. The van der Waals surface area contributed by atoms with Crippen molar-refractivity contribution in [2.75, 3.05) is 0 Å². The molecule has 0 spiro atoms. The molecule has 4 nitrogen and oxygen atoms in total. The van der Waals surface area contributed by atoms with Gasteiger partial charge in [-0.2, -0.15) is 0 Å². The molecule has 0 radical (unpaired) electrons. The van der Waals surface area contributed by atoms with Gasteiger partial charge in [0, 0.05) is 23.9 Å². The van der Waals surface area contributed by atoms with Crippen molar-refractivity contribution in [2.45, 2.75) is 19.3 Å². The standard InChI is InChI=1S/C13H13NO3/c1-9(7-13(15)16)11-4-5-12(17-11)10-3-2-6-14-8-10/h2-6,8-9H,7H2,1H3,(H,15,16). The Bertz CT molecular complexity index is 504. The second-order valence-electron chi connectivity index (χ2n) is 3.94. The second-order valence-corrected chi connectivity index (χ2v) is 3.94. The molecule has 4 heteroatoms. The maximum atomic E-state index is 10.6. The van der Waals surface area contributed by atoms with E-state index in [2.05, 4.69) is 4.98 Å². The second kappa shape index (κ2) is 4.82. The van der Waals surface area contributed by atoms with Gasteiger partial charge >= 0.3 is 5.97 Å². The Balaban J connectivity index is 2.19. The molecule has 2 aromatic heterocycles. The van der Waals surface area contributed by atoms with Gasteiger partial charge in [0.2, 0.25) is 0 Å². The molecule has 88 valence electrons. The molecule has 2 heterocycles. The lowest BCUT2D eigenvalue weighted by Crippen LogP contribution is -2.01. The van der Waals surface area contributed by atoms with E-state index in [1.807, 2.05) is 31.2 Å². The summed E-state index contributed by atoms with van der Waals surface area (Å²) in [5, 5.41) is 8.72. The number of aliphatic carboxylic acids is 1. The fraction of sp³-hybridized carbons (Fsp3) is 0.231. The van der Waals surface area contributed by atoms with E-state index < -0.39 is 5.97 Å². The maximum absolute atomic E-state index is 10.6. The van der Waals surface area contributed by atoms with E-state index in [-0.39, 0.29) is 12.3 Å². The molecule has 1 N–H and O–H groups in total.